The molecular weight excluding hydrogens is 324 g/mol. The van der Waals surface area contributed by atoms with Gasteiger partial charge in [-0.05, 0) is 18.2 Å². The first kappa shape index (κ1) is 16.4. The van der Waals surface area contributed by atoms with Gasteiger partial charge in [0, 0.05) is 30.7 Å². The van der Waals surface area contributed by atoms with E-state index in [-0.39, 0.29) is 5.91 Å². The maximum Gasteiger partial charge on any atom is 0.289 e. The molecule has 3 heterocycles. The Kier molecular flexibility index (Phi) is 4.80. The Morgan fingerprint density at radius 3 is 2.92 bits per heavy atom. The van der Waals surface area contributed by atoms with Crippen LogP contribution >= 0.6 is 11.3 Å². The minimum absolute atomic E-state index is 0.152. The Bertz CT molecular complexity index is 804. The summed E-state index contributed by atoms with van der Waals surface area (Å²) in [5.74, 6) is 1.28. The van der Waals surface area contributed by atoms with E-state index < -0.39 is 0 Å². The maximum atomic E-state index is 12.5. The third-order valence-corrected chi connectivity index (χ3v) is 4.75. The monoisotopic (exact) mass is 344 g/mol. The normalized spacial score (nSPS) is 11.2. The van der Waals surface area contributed by atoms with Crippen molar-refractivity contribution in [3.63, 3.8) is 0 Å². The zero-order chi connectivity index (χ0) is 17.1. The molecule has 3 aromatic rings. The molecule has 3 rings (SSSR count). The van der Waals surface area contributed by atoms with E-state index >= 15 is 0 Å². The average molecular weight is 344 g/mol. The van der Waals surface area contributed by atoms with Gasteiger partial charge in [-0.1, -0.05) is 13.8 Å². The van der Waals surface area contributed by atoms with Crippen LogP contribution < -0.4 is 0 Å². The van der Waals surface area contributed by atoms with Crippen LogP contribution in [0.3, 0.4) is 0 Å². The molecule has 0 aliphatic carbocycles. The van der Waals surface area contributed by atoms with Gasteiger partial charge >= 0.3 is 0 Å². The first-order chi connectivity index (χ1) is 11.5. The van der Waals surface area contributed by atoms with Gasteiger partial charge in [0.15, 0.2) is 5.76 Å². The summed E-state index contributed by atoms with van der Waals surface area (Å²) in [5.41, 5.74) is 0.905. The highest BCUT2D eigenvalue weighted by Crippen LogP contribution is 2.20. The van der Waals surface area contributed by atoms with Crippen molar-refractivity contribution in [3.05, 3.63) is 58.2 Å². The smallest absolute Gasteiger partial charge is 0.289 e. The molecule has 0 saturated carbocycles. The third-order valence-electron chi connectivity index (χ3n) is 3.56. The molecule has 0 bridgehead atoms. The number of furan rings is 1. The van der Waals surface area contributed by atoms with Crippen molar-refractivity contribution >= 4 is 17.2 Å². The molecule has 0 aliphatic rings. The van der Waals surface area contributed by atoms with Crippen LogP contribution in [-0.4, -0.2) is 32.6 Å². The second-order valence-corrected chi connectivity index (χ2v) is 6.85. The SMILES string of the molecule is CC(C)c1nc(CN(C)C(=O)c2ccc(Cn3cccn3)o2)cs1. The maximum absolute atomic E-state index is 12.5. The van der Waals surface area contributed by atoms with E-state index in [1.807, 2.05) is 23.7 Å². The van der Waals surface area contributed by atoms with Crippen molar-refractivity contribution in [1.82, 2.24) is 19.7 Å². The van der Waals surface area contributed by atoms with Gasteiger partial charge in [0.1, 0.15) is 5.76 Å². The molecule has 0 aromatic carbocycles. The van der Waals surface area contributed by atoms with E-state index in [4.69, 9.17) is 4.42 Å². The van der Waals surface area contributed by atoms with Crippen molar-refractivity contribution in [1.29, 1.82) is 0 Å². The fourth-order valence-electron chi connectivity index (χ4n) is 2.29. The molecule has 0 spiro atoms. The predicted octanol–water partition coefficient (Wildman–Crippen LogP) is 3.38. The van der Waals surface area contributed by atoms with Gasteiger partial charge in [-0.15, -0.1) is 11.3 Å². The summed E-state index contributed by atoms with van der Waals surface area (Å²) < 4.78 is 7.40. The molecule has 24 heavy (non-hydrogen) atoms. The van der Waals surface area contributed by atoms with Crippen molar-refractivity contribution in [2.45, 2.75) is 32.9 Å². The number of hydrogen-bond acceptors (Lipinski definition) is 5. The molecule has 0 radical (unpaired) electrons. The zero-order valence-corrected chi connectivity index (χ0v) is 14.8. The Morgan fingerprint density at radius 1 is 1.42 bits per heavy atom. The quantitative estimate of drug-likeness (QED) is 0.688. The molecule has 3 aromatic heterocycles. The van der Waals surface area contributed by atoms with Crippen molar-refractivity contribution in [2.75, 3.05) is 7.05 Å². The van der Waals surface area contributed by atoms with Gasteiger partial charge in [0.25, 0.3) is 5.91 Å². The standard InChI is InChI=1S/C17H20N4O2S/c1-12(2)16-19-13(11-24-16)9-20(3)17(22)15-6-5-14(23-15)10-21-8-4-7-18-21/h4-8,11-12H,9-10H2,1-3H3. The van der Waals surface area contributed by atoms with Crippen LogP contribution in [0.1, 0.15) is 46.8 Å². The number of thiazole rings is 1. The van der Waals surface area contributed by atoms with Crippen LogP contribution in [0.4, 0.5) is 0 Å². The molecule has 0 saturated heterocycles. The Morgan fingerprint density at radius 2 is 2.25 bits per heavy atom. The lowest BCUT2D eigenvalue weighted by Crippen LogP contribution is -2.26. The molecule has 126 valence electrons. The van der Waals surface area contributed by atoms with Crippen LogP contribution in [0.5, 0.6) is 0 Å². The minimum atomic E-state index is -0.152. The van der Waals surface area contributed by atoms with Crippen LogP contribution in [0.25, 0.3) is 0 Å². The molecule has 7 heteroatoms. The number of aromatic nitrogens is 3. The van der Waals surface area contributed by atoms with Gasteiger partial charge in [-0.25, -0.2) is 4.98 Å². The highest BCUT2D eigenvalue weighted by molar-refractivity contribution is 7.09. The van der Waals surface area contributed by atoms with Crippen molar-refractivity contribution in [3.8, 4) is 0 Å². The minimum Gasteiger partial charge on any atom is -0.454 e. The molecule has 0 N–H and O–H groups in total. The molecule has 6 nitrogen and oxygen atoms in total. The average Bonchev–Trinajstić information content (AvgIpc) is 3.28. The van der Waals surface area contributed by atoms with Crippen LogP contribution in [-0.2, 0) is 13.1 Å². The molecule has 1 amide bonds. The predicted molar refractivity (Wildman–Crippen MR) is 92.0 cm³/mol. The highest BCUT2D eigenvalue weighted by atomic mass is 32.1. The number of rotatable bonds is 6. The van der Waals surface area contributed by atoms with E-state index in [2.05, 4.69) is 23.9 Å². The number of nitrogens with zero attached hydrogens (tertiary/aromatic N) is 4. The van der Waals surface area contributed by atoms with Crippen molar-refractivity contribution < 1.29 is 9.21 Å². The number of carbonyl (C=O) groups is 1. The number of amides is 1. The fraction of sp³-hybridized carbons (Fsp3) is 0.353. The van der Waals surface area contributed by atoms with Gasteiger partial charge in [0.2, 0.25) is 0 Å². The van der Waals surface area contributed by atoms with E-state index in [0.29, 0.717) is 30.5 Å². The van der Waals surface area contributed by atoms with Crippen LogP contribution in [0.15, 0.2) is 40.4 Å². The number of carbonyl (C=O) groups excluding carboxylic acids is 1. The number of hydrogen-bond donors (Lipinski definition) is 0. The third kappa shape index (κ3) is 3.73. The molecule has 0 aliphatic heterocycles. The lowest BCUT2D eigenvalue weighted by atomic mass is 10.2. The summed E-state index contributed by atoms with van der Waals surface area (Å²) in [6.45, 7) is 5.20. The zero-order valence-electron chi connectivity index (χ0n) is 14.0. The van der Waals surface area contributed by atoms with E-state index in [0.717, 1.165) is 10.7 Å². The van der Waals surface area contributed by atoms with Gasteiger partial charge in [-0.2, -0.15) is 5.10 Å². The van der Waals surface area contributed by atoms with Crippen LogP contribution in [0, 0.1) is 0 Å². The first-order valence-corrected chi connectivity index (χ1v) is 8.67. The summed E-state index contributed by atoms with van der Waals surface area (Å²) in [6.07, 6.45) is 3.56. The topological polar surface area (TPSA) is 64.2 Å². The summed E-state index contributed by atoms with van der Waals surface area (Å²) in [6, 6.07) is 5.36. The lowest BCUT2D eigenvalue weighted by molar-refractivity contribution is 0.0749. The summed E-state index contributed by atoms with van der Waals surface area (Å²) >= 11 is 1.63. The summed E-state index contributed by atoms with van der Waals surface area (Å²) in [7, 11) is 1.76. The van der Waals surface area contributed by atoms with E-state index in [9.17, 15) is 4.79 Å². The van der Waals surface area contributed by atoms with Gasteiger partial charge in [-0.3, -0.25) is 9.48 Å². The second-order valence-electron chi connectivity index (χ2n) is 5.96. The van der Waals surface area contributed by atoms with E-state index in [1.165, 1.54) is 0 Å². The molecular formula is C17H20N4O2S. The second kappa shape index (κ2) is 7.00. The van der Waals surface area contributed by atoms with Gasteiger partial charge < -0.3 is 9.32 Å². The first-order valence-electron chi connectivity index (χ1n) is 7.79. The Labute approximate surface area is 144 Å². The molecule has 0 atom stereocenters. The largest absolute Gasteiger partial charge is 0.454 e. The molecule has 0 fully saturated rings. The fourth-order valence-corrected chi connectivity index (χ4v) is 3.12. The summed E-state index contributed by atoms with van der Waals surface area (Å²) in [4.78, 5) is 18.7. The Balaban J connectivity index is 1.63. The van der Waals surface area contributed by atoms with E-state index in [1.54, 1.807) is 40.2 Å². The highest BCUT2D eigenvalue weighted by Gasteiger charge is 2.18. The lowest BCUT2D eigenvalue weighted by Gasteiger charge is -2.14. The van der Waals surface area contributed by atoms with Crippen molar-refractivity contribution in [2.24, 2.45) is 0 Å². The summed E-state index contributed by atoms with van der Waals surface area (Å²) in [5, 5.41) is 7.22. The molecule has 0 unspecified atom stereocenters. The van der Waals surface area contributed by atoms with Gasteiger partial charge in [0.05, 0.1) is 23.8 Å². The van der Waals surface area contributed by atoms with Crippen LogP contribution in [0.2, 0.25) is 0 Å². The Hall–Kier alpha value is -2.41.